The first-order chi connectivity index (χ1) is 8.71. The molecule has 1 aromatic rings. The minimum Gasteiger partial charge on any atom is -0.497 e. The molecule has 5 heteroatoms. The van der Waals surface area contributed by atoms with Gasteiger partial charge in [-0.05, 0) is 24.6 Å². The summed E-state index contributed by atoms with van der Waals surface area (Å²) in [7, 11) is 1.64. The molecule has 0 fully saturated rings. The second-order valence-electron chi connectivity index (χ2n) is 3.77. The molecular weight excluding hydrogens is 248 g/mol. The summed E-state index contributed by atoms with van der Waals surface area (Å²) in [6, 6.07) is 7.79. The van der Waals surface area contributed by atoms with E-state index in [0.29, 0.717) is 18.8 Å². The molecule has 1 rings (SSSR count). The largest absolute Gasteiger partial charge is 0.497 e. The molecule has 100 valence electrons. The van der Waals surface area contributed by atoms with Gasteiger partial charge in [0.2, 0.25) is 5.91 Å². The molecule has 0 aliphatic heterocycles. The lowest BCUT2D eigenvalue weighted by atomic mass is 10.1. The highest BCUT2D eigenvalue weighted by molar-refractivity contribution is 8.00. The highest BCUT2D eigenvalue weighted by atomic mass is 32.2. The van der Waals surface area contributed by atoms with Crippen LogP contribution in [0.4, 0.5) is 0 Å². The molecule has 1 unspecified atom stereocenters. The number of ether oxygens (including phenoxy) is 1. The summed E-state index contributed by atoms with van der Waals surface area (Å²) in [5.41, 5.74) is 6.85. The number of rotatable bonds is 7. The van der Waals surface area contributed by atoms with Gasteiger partial charge >= 0.3 is 0 Å². The highest BCUT2D eigenvalue weighted by Gasteiger charge is 2.13. The van der Waals surface area contributed by atoms with Gasteiger partial charge in [-0.2, -0.15) is 0 Å². The predicted molar refractivity (Wildman–Crippen MR) is 75.9 cm³/mol. The van der Waals surface area contributed by atoms with Crippen molar-refractivity contribution in [2.24, 2.45) is 5.73 Å². The number of thioether (sulfide) groups is 1. The Labute approximate surface area is 112 Å². The third-order valence-corrected chi connectivity index (χ3v) is 3.77. The topological polar surface area (TPSA) is 64.4 Å². The maximum Gasteiger partial charge on any atom is 0.230 e. The standard InChI is InChI=1S/C13H20N2O2S/c1-3-15-13(16)9-18-12(8-14)10-5-4-6-11(7-10)17-2/h4-7,12H,3,8-9,14H2,1-2H3,(H,15,16). The third kappa shape index (κ3) is 4.58. The SMILES string of the molecule is CCNC(=O)CSC(CN)c1cccc(OC)c1. The van der Waals surface area contributed by atoms with Gasteiger partial charge < -0.3 is 15.8 Å². The molecule has 1 aromatic carbocycles. The maximum absolute atomic E-state index is 11.4. The average molecular weight is 268 g/mol. The van der Waals surface area contributed by atoms with Gasteiger partial charge in [-0.3, -0.25) is 4.79 Å². The lowest BCUT2D eigenvalue weighted by Gasteiger charge is -2.15. The molecule has 0 radical (unpaired) electrons. The molecule has 0 spiro atoms. The number of nitrogens with two attached hydrogens (primary N) is 1. The van der Waals surface area contributed by atoms with Gasteiger partial charge in [-0.1, -0.05) is 12.1 Å². The van der Waals surface area contributed by atoms with E-state index in [2.05, 4.69) is 5.32 Å². The van der Waals surface area contributed by atoms with Crippen LogP contribution in [-0.2, 0) is 4.79 Å². The van der Waals surface area contributed by atoms with Gasteiger partial charge in [0.15, 0.2) is 0 Å². The van der Waals surface area contributed by atoms with E-state index in [1.165, 1.54) is 0 Å². The van der Waals surface area contributed by atoms with Gasteiger partial charge in [-0.15, -0.1) is 11.8 Å². The fraction of sp³-hybridized carbons (Fsp3) is 0.462. The van der Waals surface area contributed by atoms with Crippen LogP contribution in [0.1, 0.15) is 17.7 Å². The van der Waals surface area contributed by atoms with Crippen molar-refractivity contribution in [3.05, 3.63) is 29.8 Å². The van der Waals surface area contributed by atoms with E-state index in [0.717, 1.165) is 11.3 Å². The van der Waals surface area contributed by atoms with Crippen LogP contribution >= 0.6 is 11.8 Å². The van der Waals surface area contributed by atoms with Gasteiger partial charge in [-0.25, -0.2) is 0 Å². The average Bonchev–Trinajstić information content (AvgIpc) is 2.40. The summed E-state index contributed by atoms with van der Waals surface area (Å²) >= 11 is 1.55. The molecule has 0 aromatic heterocycles. The molecule has 0 bridgehead atoms. The molecular formula is C13H20N2O2S. The van der Waals surface area contributed by atoms with E-state index in [1.54, 1.807) is 18.9 Å². The monoisotopic (exact) mass is 268 g/mol. The lowest BCUT2D eigenvalue weighted by molar-refractivity contribution is -0.118. The molecule has 0 aliphatic rings. The normalized spacial score (nSPS) is 11.9. The molecule has 1 amide bonds. The van der Waals surface area contributed by atoms with Gasteiger partial charge in [0.05, 0.1) is 12.9 Å². The number of nitrogens with one attached hydrogen (secondary N) is 1. The van der Waals surface area contributed by atoms with Crippen LogP contribution in [0.5, 0.6) is 5.75 Å². The van der Waals surface area contributed by atoms with Crippen LogP contribution < -0.4 is 15.8 Å². The number of benzene rings is 1. The molecule has 3 N–H and O–H groups in total. The van der Waals surface area contributed by atoms with E-state index in [4.69, 9.17) is 10.5 Å². The van der Waals surface area contributed by atoms with E-state index in [9.17, 15) is 4.79 Å². The fourth-order valence-corrected chi connectivity index (χ4v) is 2.50. The lowest BCUT2D eigenvalue weighted by Crippen LogP contribution is -2.25. The maximum atomic E-state index is 11.4. The predicted octanol–water partition coefficient (Wildman–Crippen LogP) is 1.56. The van der Waals surface area contributed by atoms with E-state index in [-0.39, 0.29) is 11.2 Å². The van der Waals surface area contributed by atoms with Crippen molar-refractivity contribution in [3.63, 3.8) is 0 Å². The van der Waals surface area contributed by atoms with Crippen LogP contribution in [-0.4, -0.2) is 31.9 Å². The number of hydrogen-bond acceptors (Lipinski definition) is 4. The Balaban J connectivity index is 2.62. The summed E-state index contributed by atoms with van der Waals surface area (Å²) in [5, 5.41) is 2.89. The van der Waals surface area contributed by atoms with Gasteiger partial charge in [0.25, 0.3) is 0 Å². The Morgan fingerprint density at radius 1 is 1.56 bits per heavy atom. The van der Waals surface area contributed by atoms with Crippen molar-refractivity contribution in [1.82, 2.24) is 5.32 Å². The van der Waals surface area contributed by atoms with E-state index < -0.39 is 0 Å². The number of methoxy groups -OCH3 is 1. The zero-order valence-electron chi connectivity index (χ0n) is 10.8. The van der Waals surface area contributed by atoms with Crippen LogP contribution in [0.25, 0.3) is 0 Å². The smallest absolute Gasteiger partial charge is 0.230 e. The van der Waals surface area contributed by atoms with Crippen LogP contribution in [0.15, 0.2) is 24.3 Å². The summed E-state index contributed by atoms with van der Waals surface area (Å²) < 4.78 is 5.18. The summed E-state index contributed by atoms with van der Waals surface area (Å²) in [4.78, 5) is 11.4. The Bertz CT molecular complexity index is 385. The minimum atomic E-state index is 0.0452. The Hall–Kier alpha value is -1.20. The molecule has 1 atom stereocenters. The molecule has 0 aliphatic carbocycles. The molecule has 0 saturated carbocycles. The van der Waals surface area contributed by atoms with E-state index >= 15 is 0 Å². The minimum absolute atomic E-state index is 0.0452. The fourth-order valence-electron chi connectivity index (χ4n) is 1.57. The number of hydrogen-bond donors (Lipinski definition) is 2. The van der Waals surface area contributed by atoms with Crippen molar-refractivity contribution < 1.29 is 9.53 Å². The summed E-state index contributed by atoms with van der Waals surface area (Å²) in [6.45, 7) is 3.06. The van der Waals surface area contributed by atoms with Crippen molar-refractivity contribution >= 4 is 17.7 Å². The van der Waals surface area contributed by atoms with Crippen molar-refractivity contribution in [1.29, 1.82) is 0 Å². The van der Waals surface area contributed by atoms with Crippen LogP contribution in [0.3, 0.4) is 0 Å². The van der Waals surface area contributed by atoms with Crippen LogP contribution in [0.2, 0.25) is 0 Å². The second-order valence-corrected chi connectivity index (χ2v) is 4.96. The zero-order chi connectivity index (χ0) is 13.4. The quantitative estimate of drug-likeness (QED) is 0.788. The Kier molecular flexibility index (Phi) is 6.60. The Morgan fingerprint density at radius 2 is 2.33 bits per heavy atom. The van der Waals surface area contributed by atoms with Crippen molar-refractivity contribution in [3.8, 4) is 5.75 Å². The molecule has 0 heterocycles. The summed E-state index contributed by atoms with van der Waals surface area (Å²) in [5.74, 6) is 1.28. The third-order valence-electron chi connectivity index (χ3n) is 2.47. The Morgan fingerprint density at radius 3 is 2.94 bits per heavy atom. The summed E-state index contributed by atoms with van der Waals surface area (Å²) in [6.07, 6.45) is 0. The van der Waals surface area contributed by atoms with Gasteiger partial charge in [0, 0.05) is 18.3 Å². The number of amides is 1. The first-order valence-corrected chi connectivity index (χ1v) is 6.98. The van der Waals surface area contributed by atoms with Crippen molar-refractivity contribution in [2.45, 2.75) is 12.2 Å². The van der Waals surface area contributed by atoms with Crippen molar-refractivity contribution in [2.75, 3.05) is 26.0 Å². The number of carbonyl (C=O) groups is 1. The van der Waals surface area contributed by atoms with Gasteiger partial charge in [0.1, 0.15) is 5.75 Å². The van der Waals surface area contributed by atoms with E-state index in [1.807, 2.05) is 31.2 Å². The van der Waals surface area contributed by atoms with Crippen LogP contribution in [0, 0.1) is 0 Å². The molecule has 0 saturated heterocycles. The number of carbonyl (C=O) groups excluding carboxylic acids is 1. The zero-order valence-corrected chi connectivity index (χ0v) is 11.6. The molecule has 18 heavy (non-hydrogen) atoms. The first-order valence-electron chi connectivity index (χ1n) is 5.93. The first kappa shape index (κ1) is 14.9. The highest BCUT2D eigenvalue weighted by Crippen LogP contribution is 2.29. The second kappa shape index (κ2) is 8.00. The molecule has 4 nitrogen and oxygen atoms in total.